The van der Waals surface area contributed by atoms with Crippen molar-refractivity contribution < 1.29 is 4.52 Å². The summed E-state index contributed by atoms with van der Waals surface area (Å²) in [6.45, 7) is 4.30. The zero-order chi connectivity index (χ0) is 11.5. The fourth-order valence-corrected chi connectivity index (χ4v) is 1.99. The summed E-state index contributed by atoms with van der Waals surface area (Å²) in [4.78, 5) is 0. The smallest absolute Gasteiger partial charge is 0.167 e. The van der Waals surface area contributed by atoms with Gasteiger partial charge in [0.05, 0.1) is 11.9 Å². The van der Waals surface area contributed by atoms with Gasteiger partial charge in [-0.1, -0.05) is 49.3 Å². The monoisotopic (exact) mass is 216 g/mol. The van der Waals surface area contributed by atoms with Crippen LogP contribution in [0.4, 0.5) is 5.69 Å². The van der Waals surface area contributed by atoms with Gasteiger partial charge in [0.15, 0.2) is 5.76 Å². The van der Waals surface area contributed by atoms with Crippen LogP contribution in [0.1, 0.15) is 31.1 Å². The summed E-state index contributed by atoms with van der Waals surface area (Å²) >= 11 is 0. The normalized spacial score (nSPS) is 12.9. The van der Waals surface area contributed by atoms with E-state index in [1.165, 1.54) is 5.56 Å². The van der Waals surface area contributed by atoms with Crippen LogP contribution in [0.15, 0.2) is 41.1 Å². The summed E-state index contributed by atoms with van der Waals surface area (Å²) in [6, 6.07) is 10.2. The predicted molar refractivity (Wildman–Crippen MR) is 64.0 cm³/mol. The second-order valence-corrected chi connectivity index (χ2v) is 4.28. The molecule has 1 aromatic carbocycles. The van der Waals surface area contributed by atoms with E-state index in [0.717, 1.165) is 5.76 Å². The molecule has 0 saturated heterocycles. The molecule has 0 fully saturated rings. The summed E-state index contributed by atoms with van der Waals surface area (Å²) in [6.07, 6.45) is 1.56. The molecule has 3 nitrogen and oxygen atoms in total. The molecule has 1 heterocycles. The van der Waals surface area contributed by atoms with Crippen LogP contribution in [0.2, 0.25) is 0 Å². The van der Waals surface area contributed by atoms with Crippen LogP contribution < -0.4 is 5.73 Å². The number of nitrogen functional groups attached to an aromatic ring is 1. The fourth-order valence-electron chi connectivity index (χ4n) is 1.99. The third kappa shape index (κ3) is 1.94. The summed E-state index contributed by atoms with van der Waals surface area (Å²) < 4.78 is 5.27. The molecular formula is C13H16N2O. The Morgan fingerprint density at radius 2 is 1.88 bits per heavy atom. The molecule has 1 aromatic heterocycles. The van der Waals surface area contributed by atoms with Gasteiger partial charge in [-0.3, -0.25) is 0 Å². The number of nitrogens with two attached hydrogens (primary N) is 1. The Labute approximate surface area is 95.3 Å². The molecule has 16 heavy (non-hydrogen) atoms. The van der Waals surface area contributed by atoms with Crippen molar-refractivity contribution in [1.29, 1.82) is 0 Å². The van der Waals surface area contributed by atoms with Gasteiger partial charge in [0.1, 0.15) is 0 Å². The van der Waals surface area contributed by atoms with Gasteiger partial charge in [-0.2, -0.15) is 0 Å². The summed E-state index contributed by atoms with van der Waals surface area (Å²) in [7, 11) is 0. The van der Waals surface area contributed by atoms with Crippen molar-refractivity contribution in [1.82, 2.24) is 5.16 Å². The first-order valence-electron chi connectivity index (χ1n) is 5.45. The highest BCUT2D eigenvalue weighted by Gasteiger charge is 2.24. The zero-order valence-electron chi connectivity index (χ0n) is 9.55. The number of rotatable bonds is 3. The molecule has 3 heteroatoms. The van der Waals surface area contributed by atoms with Crippen LogP contribution in [0.25, 0.3) is 0 Å². The average Bonchev–Trinajstić information content (AvgIpc) is 2.66. The van der Waals surface area contributed by atoms with E-state index in [0.29, 0.717) is 11.6 Å². The van der Waals surface area contributed by atoms with Crippen molar-refractivity contribution in [2.24, 2.45) is 5.92 Å². The maximum Gasteiger partial charge on any atom is 0.167 e. The Balaban J connectivity index is 2.43. The molecule has 0 aliphatic rings. The van der Waals surface area contributed by atoms with E-state index in [2.05, 4.69) is 31.1 Å². The Hall–Kier alpha value is -1.77. The van der Waals surface area contributed by atoms with Crippen LogP contribution in [0.5, 0.6) is 0 Å². The SMILES string of the molecule is CC(C)C(c1ccccc1)c1oncc1N. The van der Waals surface area contributed by atoms with Crippen LogP contribution in [-0.2, 0) is 0 Å². The van der Waals surface area contributed by atoms with Crippen molar-refractivity contribution >= 4 is 5.69 Å². The van der Waals surface area contributed by atoms with Crippen LogP contribution in [-0.4, -0.2) is 5.16 Å². The zero-order valence-corrected chi connectivity index (χ0v) is 9.55. The molecule has 2 N–H and O–H groups in total. The lowest BCUT2D eigenvalue weighted by Gasteiger charge is -2.18. The maximum absolute atomic E-state index is 5.86. The summed E-state index contributed by atoms with van der Waals surface area (Å²) in [5.74, 6) is 1.35. The first kappa shape index (κ1) is 10.7. The number of hydrogen-bond acceptors (Lipinski definition) is 3. The number of aromatic nitrogens is 1. The topological polar surface area (TPSA) is 52.0 Å². The first-order valence-corrected chi connectivity index (χ1v) is 5.45. The van der Waals surface area contributed by atoms with Crippen molar-refractivity contribution in [3.63, 3.8) is 0 Å². The van der Waals surface area contributed by atoms with Gasteiger partial charge in [0.25, 0.3) is 0 Å². The average molecular weight is 216 g/mol. The van der Waals surface area contributed by atoms with Crippen molar-refractivity contribution in [2.75, 3.05) is 5.73 Å². The first-order chi connectivity index (χ1) is 7.70. The molecule has 0 amide bonds. The molecule has 1 unspecified atom stereocenters. The minimum Gasteiger partial charge on any atom is -0.395 e. The largest absolute Gasteiger partial charge is 0.395 e. The van der Waals surface area contributed by atoms with Crippen molar-refractivity contribution in [2.45, 2.75) is 19.8 Å². The predicted octanol–water partition coefficient (Wildman–Crippen LogP) is 3.04. The highest BCUT2D eigenvalue weighted by molar-refractivity contribution is 5.44. The third-order valence-electron chi connectivity index (χ3n) is 2.74. The lowest BCUT2D eigenvalue weighted by Crippen LogP contribution is -2.09. The molecule has 0 aliphatic heterocycles. The molecule has 2 rings (SSSR count). The van der Waals surface area contributed by atoms with Gasteiger partial charge in [-0.25, -0.2) is 0 Å². The number of nitrogens with zero attached hydrogens (tertiary/aromatic N) is 1. The van der Waals surface area contributed by atoms with E-state index in [-0.39, 0.29) is 5.92 Å². The van der Waals surface area contributed by atoms with Gasteiger partial charge in [-0.15, -0.1) is 0 Å². The second kappa shape index (κ2) is 4.39. The van der Waals surface area contributed by atoms with Crippen LogP contribution in [0.3, 0.4) is 0 Å². The van der Waals surface area contributed by atoms with E-state index < -0.39 is 0 Å². The van der Waals surface area contributed by atoms with Crippen LogP contribution >= 0.6 is 0 Å². The van der Waals surface area contributed by atoms with E-state index in [1.54, 1.807) is 6.20 Å². The second-order valence-electron chi connectivity index (χ2n) is 4.28. The number of hydrogen-bond donors (Lipinski definition) is 1. The summed E-state index contributed by atoms with van der Waals surface area (Å²) in [5.41, 5.74) is 7.70. The quantitative estimate of drug-likeness (QED) is 0.857. The van der Waals surface area contributed by atoms with Gasteiger partial charge in [0.2, 0.25) is 0 Å². The Morgan fingerprint density at radius 1 is 1.19 bits per heavy atom. The number of anilines is 1. The summed E-state index contributed by atoms with van der Waals surface area (Å²) in [5, 5.41) is 3.75. The van der Waals surface area contributed by atoms with Crippen molar-refractivity contribution in [3.8, 4) is 0 Å². The van der Waals surface area contributed by atoms with Crippen LogP contribution in [0, 0.1) is 5.92 Å². The van der Waals surface area contributed by atoms with Gasteiger partial charge in [0, 0.05) is 5.92 Å². The molecule has 0 saturated carbocycles. The Morgan fingerprint density at radius 3 is 2.38 bits per heavy atom. The van der Waals surface area contributed by atoms with E-state index in [1.807, 2.05) is 18.2 Å². The van der Waals surface area contributed by atoms with Gasteiger partial charge < -0.3 is 10.3 Å². The molecule has 84 valence electrons. The molecule has 0 radical (unpaired) electrons. The number of benzene rings is 1. The lowest BCUT2D eigenvalue weighted by molar-refractivity contribution is 0.349. The minimum absolute atomic E-state index is 0.170. The third-order valence-corrected chi connectivity index (χ3v) is 2.74. The fraction of sp³-hybridized carbons (Fsp3) is 0.308. The minimum atomic E-state index is 0.170. The van der Waals surface area contributed by atoms with Crippen molar-refractivity contribution in [3.05, 3.63) is 47.9 Å². The Kier molecular flexibility index (Phi) is 2.95. The van der Waals surface area contributed by atoms with E-state index >= 15 is 0 Å². The highest BCUT2D eigenvalue weighted by atomic mass is 16.5. The highest BCUT2D eigenvalue weighted by Crippen LogP contribution is 2.34. The van der Waals surface area contributed by atoms with E-state index in [9.17, 15) is 0 Å². The molecule has 0 spiro atoms. The maximum atomic E-state index is 5.86. The molecular weight excluding hydrogens is 200 g/mol. The van der Waals surface area contributed by atoms with E-state index in [4.69, 9.17) is 10.3 Å². The van der Waals surface area contributed by atoms with Gasteiger partial charge >= 0.3 is 0 Å². The Bertz CT molecular complexity index is 448. The lowest BCUT2D eigenvalue weighted by atomic mass is 9.86. The molecule has 1 atom stereocenters. The standard InChI is InChI=1S/C13H16N2O/c1-9(2)12(10-6-4-3-5-7-10)13-11(14)8-15-16-13/h3-9,12H,14H2,1-2H3. The molecule has 0 bridgehead atoms. The molecule has 0 aliphatic carbocycles. The molecule has 2 aromatic rings. The van der Waals surface area contributed by atoms with Gasteiger partial charge in [-0.05, 0) is 11.5 Å².